The van der Waals surface area contributed by atoms with Crippen molar-refractivity contribution < 1.29 is 14.4 Å². The fraction of sp³-hybridized carbons (Fsp3) is 0.303. The fourth-order valence-corrected chi connectivity index (χ4v) is 6.59. The molecule has 1 atom stereocenters. The Hall–Kier alpha value is -4.63. The monoisotopic (exact) mass is 561 g/mol. The number of nitrogens with zero attached hydrogens (tertiary/aromatic N) is 4. The number of imide groups is 1. The van der Waals surface area contributed by atoms with Crippen LogP contribution in [-0.2, 0) is 22.7 Å². The van der Waals surface area contributed by atoms with Crippen molar-refractivity contribution in [2.24, 2.45) is 0 Å². The van der Waals surface area contributed by atoms with E-state index in [0.29, 0.717) is 35.7 Å². The molecular weight excluding hydrogens is 530 g/mol. The number of carbonyl (C=O) groups is 3. The number of rotatable bonds is 5. The second kappa shape index (κ2) is 10.6. The molecular formula is C33H31N5O4. The molecule has 3 aliphatic rings. The molecule has 0 aliphatic carbocycles. The van der Waals surface area contributed by atoms with Crippen molar-refractivity contribution in [1.29, 1.82) is 0 Å². The molecule has 0 radical (unpaired) electrons. The van der Waals surface area contributed by atoms with E-state index >= 15 is 0 Å². The van der Waals surface area contributed by atoms with Gasteiger partial charge in [-0.25, -0.2) is 4.98 Å². The van der Waals surface area contributed by atoms with Crippen LogP contribution in [0.4, 0.5) is 0 Å². The summed E-state index contributed by atoms with van der Waals surface area (Å²) in [5.41, 5.74) is 3.88. The molecule has 2 aromatic heterocycles. The van der Waals surface area contributed by atoms with Gasteiger partial charge >= 0.3 is 0 Å². The number of nitrogens with one attached hydrogen (secondary N) is 1. The first kappa shape index (κ1) is 26.3. The van der Waals surface area contributed by atoms with E-state index in [1.54, 1.807) is 21.9 Å². The van der Waals surface area contributed by atoms with Gasteiger partial charge < -0.3 is 4.90 Å². The van der Waals surface area contributed by atoms with Gasteiger partial charge in [-0.05, 0) is 90.7 Å². The van der Waals surface area contributed by atoms with Crippen LogP contribution in [0.2, 0.25) is 0 Å². The van der Waals surface area contributed by atoms with Crippen LogP contribution < -0.4 is 10.9 Å². The van der Waals surface area contributed by atoms with Crippen LogP contribution >= 0.6 is 0 Å². The van der Waals surface area contributed by atoms with Gasteiger partial charge in [-0.15, -0.1) is 0 Å². The normalized spacial score (nSPS) is 19.8. The Morgan fingerprint density at radius 2 is 1.76 bits per heavy atom. The lowest BCUT2D eigenvalue weighted by Crippen LogP contribution is -2.52. The molecule has 3 aliphatic heterocycles. The molecule has 3 amide bonds. The van der Waals surface area contributed by atoms with Crippen LogP contribution in [0, 0.1) is 0 Å². The first-order chi connectivity index (χ1) is 20.4. The minimum Gasteiger partial charge on any atom is -0.322 e. The van der Waals surface area contributed by atoms with Crippen molar-refractivity contribution in [2.45, 2.75) is 50.7 Å². The fourth-order valence-electron chi connectivity index (χ4n) is 6.59. The maximum absolute atomic E-state index is 13.3. The average Bonchev–Trinajstić information content (AvgIpc) is 3.33. The summed E-state index contributed by atoms with van der Waals surface area (Å²) in [6.07, 6.45) is 6.09. The summed E-state index contributed by atoms with van der Waals surface area (Å²) in [4.78, 5) is 58.6. The Balaban J connectivity index is 1.01. The van der Waals surface area contributed by atoms with Crippen LogP contribution in [0.3, 0.4) is 0 Å². The van der Waals surface area contributed by atoms with Crippen LogP contribution in [-0.4, -0.2) is 56.2 Å². The van der Waals surface area contributed by atoms with E-state index in [1.807, 2.05) is 42.5 Å². The van der Waals surface area contributed by atoms with E-state index in [9.17, 15) is 19.2 Å². The molecule has 2 saturated heterocycles. The third-order valence-electron chi connectivity index (χ3n) is 8.88. The van der Waals surface area contributed by atoms with Crippen molar-refractivity contribution >= 4 is 28.5 Å². The molecule has 2 aromatic carbocycles. The Kier molecular flexibility index (Phi) is 6.66. The molecule has 7 rings (SSSR count). The van der Waals surface area contributed by atoms with Gasteiger partial charge in [-0.1, -0.05) is 30.3 Å². The number of piperidine rings is 2. The van der Waals surface area contributed by atoms with E-state index in [0.717, 1.165) is 49.0 Å². The Labute approximate surface area is 242 Å². The van der Waals surface area contributed by atoms with Gasteiger partial charge in [-0.3, -0.25) is 34.0 Å². The van der Waals surface area contributed by atoms with Crippen LogP contribution in [0.5, 0.6) is 0 Å². The number of fused-ring (bicyclic) bond motifs is 2. The summed E-state index contributed by atoms with van der Waals surface area (Å²) >= 11 is 0. The largest absolute Gasteiger partial charge is 0.322 e. The summed E-state index contributed by atoms with van der Waals surface area (Å²) in [5.74, 6) is 0.205. The zero-order valence-electron chi connectivity index (χ0n) is 23.2. The number of hydrogen-bond donors (Lipinski definition) is 1. The smallest absolute Gasteiger partial charge is 0.264 e. The summed E-state index contributed by atoms with van der Waals surface area (Å²) in [6.45, 7) is 3.06. The highest BCUT2D eigenvalue weighted by Gasteiger charge is 2.39. The predicted octanol–water partition coefficient (Wildman–Crippen LogP) is 3.53. The van der Waals surface area contributed by atoms with Crippen molar-refractivity contribution in [3.63, 3.8) is 0 Å². The molecule has 5 heterocycles. The average molecular weight is 562 g/mol. The van der Waals surface area contributed by atoms with Gasteiger partial charge in [0.2, 0.25) is 11.8 Å². The number of amides is 3. The third-order valence-corrected chi connectivity index (χ3v) is 8.88. The van der Waals surface area contributed by atoms with Gasteiger partial charge in [0.25, 0.3) is 11.5 Å². The highest BCUT2D eigenvalue weighted by molar-refractivity contribution is 6.05. The minimum absolute atomic E-state index is 0.0713. The molecule has 9 nitrogen and oxygen atoms in total. The number of aromatic nitrogens is 2. The number of benzene rings is 2. The summed E-state index contributed by atoms with van der Waals surface area (Å²) in [5, 5.41) is 3.97. The molecule has 1 unspecified atom stereocenters. The van der Waals surface area contributed by atoms with Gasteiger partial charge in [0.05, 0.1) is 0 Å². The van der Waals surface area contributed by atoms with Crippen molar-refractivity contribution in [3.8, 4) is 5.82 Å². The van der Waals surface area contributed by atoms with E-state index in [2.05, 4.69) is 33.4 Å². The van der Waals surface area contributed by atoms with Gasteiger partial charge in [0.1, 0.15) is 11.9 Å². The number of carbonyl (C=O) groups excluding carboxylic acids is 3. The summed E-state index contributed by atoms with van der Waals surface area (Å²) < 4.78 is 1.59. The van der Waals surface area contributed by atoms with Crippen molar-refractivity contribution in [3.05, 3.63) is 106 Å². The predicted molar refractivity (Wildman–Crippen MR) is 157 cm³/mol. The highest BCUT2D eigenvalue weighted by atomic mass is 16.2. The van der Waals surface area contributed by atoms with Gasteiger partial charge in [0.15, 0.2) is 0 Å². The quantitative estimate of drug-likeness (QED) is 0.374. The lowest BCUT2D eigenvalue weighted by molar-refractivity contribution is -0.136. The van der Waals surface area contributed by atoms with Crippen LogP contribution in [0.25, 0.3) is 16.6 Å². The van der Waals surface area contributed by atoms with Crippen molar-refractivity contribution in [1.82, 2.24) is 24.7 Å². The molecule has 212 valence electrons. The summed E-state index contributed by atoms with van der Waals surface area (Å²) in [6, 6.07) is 19.1. The lowest BCUT2D eigenvalue weighted by atomic mass is 9.87. The molecule has 1 N–H and O–H groups in total. The standard InChI is InChI=1S/C33H31N5O4/c39-30-9-8-28(31(40)35-30)38-20-25-18-24(6-7-26(25)32(38)41)22-10-14-36(15-11-22)19-21-4-5-23-12-16-37(33(42)27(23)17-21)29-3-1-2-13-34-29/h1-7,12-13,16-18,22,28H,8-11,14-15,19-20H2,(H,35,39,40). The Morgan fingerprint density at radius 1 is 0.905 bits per heavy atom. The Morgan fingerprint density at radius 3 is 2.55 bits per heavy atom. The molecule has 4 aromatic rings. The molecule has 0 bridgehead atoms. The highest BCUT2D eigenvalue weighted by Crippen LogP contribution is 2.34. The maximum atomic E-state index is 13.3. The zero-order chi connectivity index (χ0) is 28.8. The van der Waals surface area contributed by atoms with E-state index in [4.69, 9.17) is 0 Å². The molecule has 42 heavy (non-hydrogen) atoms. The molecule has 0 spiro atoms. The number of pyridine rings is 2. The number of hydrogen-bond acceptors (Lipinski definition) is 6. The second-order valence-electron chi connectivity index (χ2n) is 11.5. The van der Waals surface area contributed by atoms with Crippen LogP contribution in [0.1, 0.15) is 58.6 Å². The topological polar surface area (TPSA) is 105 Å². The second-order valence-corrected chi connectivity index (χ2v) is 11.5. The summed E-state index contributed by atoms with van der Waals surface area (Å²) in [7, 11) is 0. The van der Waals surface area contributed by atoms with Gasteiger partial charge in [-0.2, -0.15) is 0 Å². The van der Waals surface area contributed by atoms with E-state index < -0.39 is 6.04 Å². The van der Waals surface area contributed by atoms with Crippen LogP contribution in [0.15, 0.2) is 77.9 Å². The van der Waals surface area contributed by atoms with Gasteiger partial charge in [0, 0.05) is 42.9 Å². The molecule has 0 saturated carbocycles. The first-order valence-corrected chi connectivity index (χ1v) is 14.5. The SMILES string of the molecule is O=C1CCC(N2Cc3cc(C4CCN(Cc5ccc6ccn(-c7ccccn7)c(=O)c6c5)CC4)ccc3C2=O)C(=O)N1. The maximum Gasteiger partial charge on any atom is 0.264 e. The number of likely N-dealkylation sites (tertiary alicyclic amines) is 1. The Bertz CT molecular complexity index is 1770. The van der Waals surface area contributed by atoms with Crippen molar-refractivity contribution in [2.75, 3.05) is 13.1 Å². The molecule has 2 fully saturated rings. The van der Waals surface area contributed by atoms with E-state index in [-0.39, 0.29) is 29.7 Å². The van der Waals surface area contributed by atoms with E-state index in [1.165, 1.54) is 5.56 Å². The minimum atomic E-state index is -0.595. The molecule has 9 heteroatoms. The lowest BCUT2D eigenvalue weighted by Gasteiger charge is -2.32. The first-order valence-electron chi connectivity index (χ1n) is 14.5. The zero-order valence-corrected chi connectivity index (χ0v) is 23.2. The third kappa shape index (κ3) is 4.79.